The number of aromatic nitrogens is 2. The van der Waals surface area contributed by atoms with Gasteiger partial charge in [-0.25, -0.2) is 4.98 Å². The maximum atomic E-state index is 14.0. The zero-order chi connectivity index (χ0) is 26.7. The molecule has 1 aliphatic rings. The number of benzene rings is 1. The molecule has 2 aromatic heterocycles. The van der Waals surface area contributed by atoms with Crippen molar-refractivity contribution in [1.82, 2.24) is 10.1 Å². The van der Waals surface area contributed by atoms with Crippen LogP contribution in [0.1, 0.15) is 49.6 Å². The zero-order valence-corrected chi connectivity index (χ0v) is 22.1. The van der Waals surface area contributed by atoms with Gasteiger partial charge in [0.05, 0.1) is 21.3 Å². The predicted octanol–water partition coefficient (Wildman–Crippen LogP) is 8.48. The third-order valence-corrected chi connectivity index (χ3v) is 6.66. The number of nitrogens with zero attached hydrogens (tertiary/aromatic N) is 3. The average Bonchev–Trinajstić information content (AvgIpc) is 3.62. The van der Waals surface area contributed by atoms with E-state index in [1.165, 1.54) is 17.0 Å². The number of hydrogen-bond donors (Lipinski definition) is 0. The van der Waals surface area contributed by atoms with E-state index in [9.17, 15) is 13.2 Å². The number of likely N-dealkylation sites (N-methyl/N-ethyl adjacent to an activating group) is 1. The fourth-order valence-corrected chi connectivity index (χ4v) is 4.62. The van der Waals surface area contributed by atoms with Crippen molar-refractivity contribution in [2.45, 2.75) is 45.4 Å². The number of allylic oxidation sites excluding steroid dienone is 2. The van der Waals surface area contributed by atoms with Crippen LogP contribution >= 0.6 is 23.2 Å². The number of ether oxygens (including phenoxy) is 1. The van der Waals surface area contributed by atoms with Gasteiger partial charge in [-0.2, -0.15) is 13.2 Å². The summed E-state index contributed by atoms with van der Waals surface area (Å²) in [5, 5.41) is 4.95. The second-order valence-electron chi connectivity index (χ2n) is 8.77. The van der Waals surface area contributed by atoms with Crippen molar-refractivity contribution in [3.63, 3.8) is 0 Å². The zero-order valence-electron chi connectivity index (χ0n) is 20.6. The van der Waals surface area contributed by atoms with Gasteiger partial charge in [0.25, 0.3) is 0 Å². The minimum Gasteiger partial charge on any atom is -0.473 e. The molecule has 0 atom stereocenters. The third-order valence-electron chi connectivity index (χ3n) is 6.03. The average molecular weight is 552 g/mol. The fraction of sp³-hybridized carbons (Fsp3) is 0.333. The van der Waals surface area contributed by atoms with Crippen molar-refractivity contribution < 1.29 is 22.4 Å². The van der Waals surface area contributed by atoms with Gasteiger partial charge in [-0.05, 0) is 50.5 Å². The molecular formula is C27H26Cl2F3N3O2. The van der Waals surface area contributed by atoms with Crippen LogP contribution in [0.3, 0.4) is 0 Å². The molecule has 0 saturated heterocycles. The Hall–Kier alpha value is -2.97. The fourth-order valence-electron chi connectivity index (χ4n) is 4.04. The highest BCUT2D eigenvalue weighted by Gasteiger charge is 2.38. The molecule has 1 saturated carbocycles. The molecule has 3 aromatic rings. The van der Waals surface area contributed by atoms with Crippen molar-refractivity contribution >= 4 is 28.9 Å². The van der Waals surface area contributed by atoms with E-state index in [0.717, 1.165) is 18.4 Å². The quantitative estimate of drug-likeness (QED) is 0.249. The Morgan fingerprint density at radius 3 is 2.46 bits per heavy atom. The van der Waals surface area contributed by atoms with E-state index < -0.39 is 11.9 Å². The molecule has 0 aliphatic heterocycles. The summed E-state index contributed by atoms with van der Waals surface area (Å²) in [6.07, 6.45) is 2.73. The first-order valence-corrected chi connectivity index (χ1v) is 12.5. The minimum atomic E-state index is -4.67. The van der Waals surface area contributed by atoms with E-state index >= 15 is 0 Å². The second kappa shape index (κ2) is 11.2. The van der Waals surface area contributed by atoms with Crippen molar-refractivity contribution in [3.05, 3.63) is 81.2 Å². The van der Waals surface area contributed by atoms with Crippen LogP contribution in [0.15, 0.2) is 58.7 Å². The van der Waals surface area contributed by atoms with E-state index in [0.29, 0.717) is 39.2 Å². The lowest BCUT2D eigenvalue weighted by atomic mass is 10.0. The highest BCUT2D eigenvalue weighted by Crippen LogP contribution is 2.46. The Morgan fingerprint density at radius 1 is 1.16 bits per heavy atom. The van der Waals surface area contributed by atoms with Gasteiger partial charge >= 0.3 is 6.18 Å². The van der Waals surface area contributed by atoms with Gasteiger partial charge in [-0.1, -0.05) is 52.7 Å². The van der Waals surface area contributed by atoms with Crippen LogP contribution in [0, 0.1) is 0 Å². The molecule has 2 heterocycles. The Labute approximate surface area is 223 Å². The van der Waals surface area contributed by atoms with Crippen molar-refractivity contribution in [3.8, 4) is 17.1 Å². The first kappa shape index (κ1) is 27.1. The molecule has 0 spiro atoms. The number of hydrogen-bond acceptors (Lipinski definition) is 5. The van der Waals surface area contributed by atoms with Gasteiger partial charge in [-0.3, -0.25) is 0 Å². The smallest absolute Gasteiger partial charge is 0.435 e. The predicted molar refractivity (Wildman–Crippen MR) is 139 cm³/mol. The third kappa shape index (κ3) is 6.13. The highest BCUT2D eigenvalue weighted by atomic mass is 35.5. The first-order valence-electron chi connectivity index (χ1n) is 11.8. The summed E-state index contributed by atoms with van der Waals surface area (Å²) in [7, 11) is 1.60. The summed E-state index contributed by atoms with van der Waals surface area (Å²) in [4.78, 5) is 5.35. The van der Waals surface area contributed by atoms with Crippen molar-refractivity contribution in [2.24, 2.45) is 0 Å². The van der Waals surface area contributed by atoms with Crippen LogP contribution in [0.4, 0.5) is 18.9 Å². The van der Waals surface area contributed by atoms with Gasteiger partial charge in [0, 0.05) is 31.1 Å². The van der Waals surface area contributed by atoms with Gasteiger partial charge in [0.2, 0.25) is 5.88 Å². The van der Waals surface area contributed by atoms with Crippen LogP contribution in [-0.2, 0) is 12.8 Å². The Kier molecular flexibility index (Phi) is 8.19. The number of anilines is 1. The summed E-state index contributed by atoms with van der Waals surface area (Å²) in [6.45, 7) is 3.89. The first-order chi connectivity index (χ1) is 17.6. The summed E-state index contributed by atoms with van der Waals surface area (Å²) in [6, 6.07) is 7.88. The molecule has 1 fully saturated rings. The lowest BCUT2D eigenvalue weighted by molar-refractivity contribution is -0.140. The Morgan fingerprint density at radius 2 is 1.86 bits per heavy atom. The summed E-state index contributed by atoms with van der Waals surface area (Å²) >= 11 is 12.8. The van der Waals surface area contributed by atoms with Crippen LogP contribution in [0.5, 0.6) is 5.88 Å². The molecule has 1 aliphatic carbocycles. The van der Waals surface area contributed by atoms with Gasteiger partial charge in [0.15, 0.2) is 5.69 Å². The monoisotopic (exact) mass is 551 g/mol. The summed E-state index contributed by atoms with van der Waals surface area (Å²) < 4.78 is 53.4. The molecule has 0 unspecified atom stereocenters. The number of pyridine rings is 1. The standard InChI is InChI=1S/C27H26Cl2F3N3O2/c1-4-7-16(5-2)14-35(3)21-12-13-22(33-26(21)27(30,31)32)36-15-18-24(34-37-25(18)17-10-11-17)23-19(28)8-6-9-20(23)29/h4-9,12-13,17H,10-11,14-15H2,1-3H3/b7-4-,16-5+. The molecule has 37 heavy (non-hydrogen) atoms. The molecular weight excluding hydrogens is 526 g/mol. The van der Waals surface area contributed by atoms with E-state index in [-0.39, 0.29) is 24.1 Å². The van der Waals surface area contributed by atoms with E-state index in [1.807, 2.05) is 32.1 Å². The van der Waals surface area contributed by atoms with Crippen LogP contribution < -0.4 is 9.64 Å². The number of alkyl halides is 3. The normalized spacial score (nSPS) is 14.4. The molecule has 10 heteroatoms. The topological polar surface area (TPSA) is 51.4 Å². The van der Waals surface area contributed by atoms with Gasteiger partial charge in [-0.15, -0.1) is 0 Å². The molecule has 1 aromatic carbocycles. The van der Waals surface area contributed by atoms with Crippen LogP contribution in [0.25, 0.3) is 11.3 Å². The molecule has 5 nitrogen and oxygen atoms in total. The van der Waals surface area contributed by atoms with Crippen LogP contribution in [0.2, 0.25) is 10.0 Å². The van der Waals surface area contributed by atoms with E-state index in [2.05, 4.69) is 10.1 Å². The maximum absolute atomic E-state index is 14.0. The van der Waals surface area contributed by atoms with Crippen LogP contribution in [-0.4, -0.2) is 23.7 Å². The molecule has 4 rings (SSSR count). The van der Waals surface area contributed by atoms with Crippen molar-refractivity contribution in [1.29, 1.82) is 0 Å². The lowest BCUT2D eigenvalue weighted by Crippen LogP contribution is -2.24. The number of halogens is 5. The van der Waals surface area contributed by atoms with Gasteiger partial charge < -0.3 is 14.2 Å². The number of rotatable bonds is 9. The molecule has 196 valence electrons. The molecule has 0 N–H and O–H groups in total. The SMILES string of the molecule is C/C=C\C(=C/C)CN(C)c1ccc(OCc2c(-c3c(Cl)cccc3Cl)noc2C2CC2)nc1C(F)(F)F. The van der Waals surface area contributed by atoms with E-state index in [4.69, 9.17) is 32.5 Å². The van der Waals surface area contributed by atoms with Gasteiger partial charge in [0.1, 0.15) is 18.1 Å². The Bertz CT molecular complexity index is 1310. The highest BCUT2D eigenvalue weighted by molar-refractivity contribution is 6.39. The Balaban J connectivity index is 1.64. The minimum absolute atomic E-state index is 0.0455. The summed E-state index contributed by atoms with van der Waals surface area (Å²) in [5.41, 5.74) is 1.30. The lowest BCUT2D eigenvalue weighted by Gasteiger charge is -2.23. The second-order valence-corrected chi connectivity index (χ2v) is 9.58. The van der Waals surface area contributed by atoms with Crippen molar-refractivity contribution in [2.75, 3.05) is 18.5 Å². The maximum Gasteiger partial charge on any atom is 0.435 e. The summed E-state index contributed by atoms with van der Waals surface area (Å²) in [5.74, 6) is 0.637. The largest absolute Gasteiger partial charge is 0.473 e. The van der Waals surface area contributed by atoms with E-state index in [1.54, 1.807) is 25.2 Å². The molecule has 0 amide bonds. The molecule has 0 bridgehead atoms. The molecule has 0 radical (unpaired) electrons.